The minimum absolute atomic E-state index is 0.175. The quantitative estimate of drug-likeness (QED) is 0.914. The standard InChI is InChI=1S/C16H19FN4O2/c1-22-15-6-5-11(8-13(15)17)14-10-19-21-16(20-14)18-9-12-4-2-3-7-23-12/h5-6,8,10,12H,2-4,7,9H2,1H3,(H,18,20,21)/t12-/m1/s1. The number of ether oxygens (including phenoxy) is 2. The Kier molecular flexibility index (Phi) is 4.97. The summed E-state index contributed by atoms with van der Waals surface area (Å²) in [5, 5.41) is 11.0. The molecule has 3 rings (SSSR count). The highest BCUT2D eigenvalue weighted by Crippen LogP contribution is 2.24. The molecule has 1 aromatic carbocycles. The second-order valence-corrected chi connectivity index (χ2v) is 5.38. The maximum Gasteiger partial charge on any atom is 0.243 e. The van der Waals surface area contributed by atoms with Gasteiger partial charge in [0.25, 0.3) is 0 Å². The number of methoxy groups -OCH3 is 1. The van der Waals surface area contributed by atoms with E-state index in [1.165, 1.54) is 25.8 Å². The summed E-state index contributed by atoms with van der Waals surface area (Å²) in [6.45, 7) is 1.44. The smallest absolute Gasteiger partial charge is 0.243 e. The van der Waals surface area contributed by atoms with Crippen LogP contribution in [-0.4, -0.2) is 41.5 Å². The number of nitrogens with zero attached hydrogens (tertiary/aromatic N) is 3. The van der Waals surface area contributed by atoms with E-state index in [0.29, 0.717) is 23.8 Å². The molecule has 1 aliphatic rings. The van der Waals surface area contributed by atoms with Crippen LogP contribution in [0.2, 0.25) is 0 Å². The molecule has 0 amide bonds. The van der Waals surface area contributed by atoms with Gasteiger partial charge in [-0.3, -0.25) is 0 Å². The Bertz CT molecular complexity index is 662. The van der Waals surface area contributed by atoms with E-state index in [9.17, 15) is 4.39 Å². The van der Waals surface area contributed by atoms with E-state index in [2.05, 4.69) is 20.5 Å². The first-order valence-electron chi connectivity index (χ1n) is 7.65. The third-order valence-corrected chi connectivity index (χ3v) is 3.77. The average molecular weight is 318 g/mol. The molecule has 122 valence electrons. The highest BCUT2D eigenvalue weighted by Gasteiger charge is 2.14. The van der Waals surface area contributed by atoms with Crippen molar-refractivity contribution in [1.82, 2.24) is 15.2 Å². The highest BCUT2D eigenvalue weighted by molar-refractivity contribution is 5.60. The zero-order chi connectivity index (χ0) is 16.1. The zero-order valence-corrected chi connectivity index (χ0v) is 13.0. The van der Waals surface area contributed by atoms with E-state index >= 15 is 0 Å². The van der Waals surface area contributed by atoms with E-state index in [0.717, 1.165) is 19.4 Å². The zero-order valence-electron chi connectivity index (χ0n) is 13.0. The summed E-state index contributed by atoms with van der Waals surface area (Å²) < 4.78 is 24.4. The van der Waals surface area contributed by atoms with E-state index in [1.807, 2.05) is 0 Å². The lowest BCUT2D eigenvalue weighted by atomic mass is 10.1. The fraction of sp³-hybridized carbons (Fsp3) is 0.438. The van der Waals surface area contributed by atoms with Gasteiger partial charge in [0.15, 0.2) is 11.6 Å². The molecule has 1 aliphatic heterocycles. The summed E-state index contributed by atoms with van der Waals surface area (Å²) in [7, 11) is 1.43. The van der Waals surface area contributed by atoms with Crippen molar-refractivity contribution < 1.29 is 13.9 Å². The second-order valence-electron chi connectivity index (χ2n) is 5.38. The molecule has 0 radical (unpaired) electrons. The SMILES string of the molecule is COc1ccc(-c2cnnc(NC[C@H]3CCCCO3)n2)cc1F. The minimum Gasteiger partial charge on any atom is -0.494 e. The summed E-state index contributed by atoms with van der Waals surface area (Å²) in [4.78, 5) is 4.38. The summed E-state index contributed by atoms with van der Waals surface area (Å²) in [6.07, 6.45) is 5.01. The second kappa shape index (κ2) is 7.32. The molecule has 1 fully saturated rings. The predicted octanol–water partition coefficient (Wildman–Crippen LogP) is 2.67. The molecule has 0 unspecified atom stereocenters. The maximum absolute atomic E-state index is 13.8. The lowest BCUT2D eigenvalue weighted by Gasteiger charge is -2.22. The van der Waals surface area contributed by atoms with Crippen LogP contribution in [0.4, 0.5) is 10.3 Å². The van der Waals surface area contributed by atoms with Crippen LogP contribution in [0, 0.1) is 5.82 Å². The number of anilines is 1. The van der Waals surface area contributed by atoms with Crippen molar-refractivity contribution in [3.8, 4) is 17.0 Å². The van der Waals surface area contributed by atoms with E-state index in [-0.39, 0.29) is 11.9 Å². The van der Waals surface area contributed by atoms with Crippen LogP contribution < -0.4 is 10.1 Å². The van der Waals surface area contributed by atoms with Crippen molar-refractivity contribution in [3.63, 3.8) is 0 Å². The normalized spacial score (nSPS) is 17.7. The van der Waals surface area contributed by atoms with Crippen molar-refractivity contribution in [1.29, 1.82) is 0 Å². The van der Waals surface area contributed by atoms with Crippen LogP contribution >= 0.6 is 0 Å². The van der Waals surface area contributed by atoms with Gasteiger partial charge in [-0.05, 0) is 37.5 Å². The summed E-state index contributed by atoms with van der Waals surface area (Å²) in [5.41, 5.74) is 1.17. The Balaban J connectivity index is 1.70. The Morgan fingerprint density at radius 2 is 2.30 bits per heavy atom. The molecular formula is C16H19FN4O2. The molecule has 2 heterocycles. The van der Waals surface area contributed by atoms with Gasteiger partial charge in [-0.15, -0.1) is 5.10 Å². The third kappa shape index (κ3) is 3.92. The van der Waals surface area contributed by atoms with Gasteiger partial charge in [-0.25, -0.2) is 9.37 Å². The largest absolute Gasteiger partial charge is 0.494 e. The first-order chi connectivity index (χ1) is 11.3. The monoisotopic (exact) mass is 318 g/mol. The average Bonchev–Trinajstić information content (AvgIpc) is 2.61. The number of benzene rings is 1. The highest BCUT2D eigenvalue weighted by atomic mass is 19.1. The fourth-order valence-corrected chi connectivity index (χ4v) is 2.52. The van der Waals surface area contributed by atoms with E-state index in [4.69, 9.17) is 9.47 Å². The molecule has 1 atom stereocenters. The molecule has 0 saturated carbocycles. The first kappa shape index (κ1) is 15.6. The van der Waals surface area contributed by atoms with Crippen molar-refractivity contribution in [3.05, 3.63) is 30.2 Å². The summed E-state index contributed by atoms with van der Waals surface area (Å²) in [6, 6.07) is 4.67. The number of hydrogen-bond donors (Lipinski definition) is 1. The molecule has 6 nitrogen and oxygen atoms in total. The van der Waals surface area contributed by atoms with Gasteiger partial charge in [-0.2, -0.15) is 5.10 Å². The van der Waals surface area contributed by atoms with Crippen LogP contribution in [0.1, 0.15) is 19.3 Å². The lowest BCUT2D eigenvalue weighted by molar-refractivity contribution is 0.0246. The lowest BCUT2D eigenvalue weighted by Crippen LogP contribution is -2.27. The van der Waals surface area contributed by atoms with Crippen molar-refractivity contribution in [2.24, 2.45) is 0 Å². The molecular weight excluding hydrogens is 299 g/mol. The molecule has 1 saturated heterocycles. The Labute approximate surface area is 134 Å². The van der Waals surface area contributed by atoms with Gasteiger partial charge in [0.1, 0.15) is 0 Å². The van der Waals surface area contributed by atoms with Crippen LogP contribution in [0.5, 0.6) is 5.75 Å². The number of aromatic nitrogens is 3. The fourth-order valence-electron chi connectivity index (χ4n) is 2.52. The van der Waals surface area contributed by atoms with Gasteiger partial charge in [0, 0.05) is 18.7 Å². The number of hydrogen-bond acceptors (Lipinski definition) is 6. The molecule has 23 heavy (non-hydrogen) atoms. The Morgan fingerprint density at radius 3 is 3.04 bits per heavy atom. The topological polar surface area (TPSA) is 69.2 Å². The van der Waals surface area contributed by atoms with Gasteiger partial charge >= 0.3 is 0 Å². The van der Waals surface area contributed by atoms with Crippen LogP contribution in [0.3, 0.4) is 0 Å². The summed E-state index contributed by atoms with van der Waals surface area (Å²) in [5.74, 6) is 0.171. The molecule has 0 aliphatic carbocycles. The number of rotatable bonds is 5. The molecule has 2 aromatic rings. The van der Waals surface area contributed by atoms with Crippen LogP contribution in [0.15, 0.2) is 24.4 Å². The number of nitrogens with one attached hydrogen (secondary N) is 1. The third-order valence-electron chi connectivity index (χ3n) is 3.77. The number of halogens is 1. The van der Waals surface area contributed by atoms with Crippen LogP contribution in [-0.2, 0) is 4.74 Å². The molecule has 0 spiro atoms. The Morgan fingerprint density at radius 1 is 1.39 bits per heavy atom. The predicted molar refractivity (Wildman–Crippen MR) is 83.9 cm³/mol. The van der Waals surface area contributed by atoms with E-state index < -0.39 is 5.82 Å². The van der Waals surface area contributed by atoms with Crippen molar-refractivity contribution >= 4 is 5.95 Å². The first-order valence-corrected chi connectivity index (χ1v) is 7.65. The van der Waals surface area contributed by atoms with Gasteiger partial charge in [-0.1, -0.05) is 0 Å². The minimum atomic E-state index is -0.436. The summed E-state index contributed by atoms with van der Waals surface area (Å²) >= 11 is 0. The molecule has 1 N–H and O–H groups in total. The van der Waals surface area contributed by atoms with E-state index in [1.54, 1.807) is 12.1 Å². The van der Waals surface area contributed by atoms with Crippen LogP contribution in [0.25, 0.3) is 11.3 Å². The van der Waals surface area contributed by atoms with Gasteiger partial charge in [0.2, 0.25) is 5.95 Å². The van der Waals surface area contributed by atoms with Gasteiger partial charge in [0.05, 0.1) is 25.1 Å². The van der Waals surface area contributed by atoms with Crippen molar-refractivity contribution in [2.45, 2.75) is 25.4 Å². The Hall–Kier alpha value is -2.28. The van der Waals surface area contributed by atoms with Gasteiger partial charge < -0.3 is 14.8 Å². The molecule has 0 bridgehead atoms. The maximum atomic E-state index is 13.8. The molecule has 1 aromatic heterocycles. The van der Waals surface area contributed by atoms with Crippen molar-refractivity contribution in [2.75, 3.05) is 25.6 Å². The molecule has 7 heteroatoms.